The number of rotatable bonds is 7. The fourth-order valence-electron chi connectivity index (χ4n) is 3.38. The smallest absolute Gasteiger partial charge is 0.267 e. The van der Waals surface area contributed by atoms with E-state index >= 15 is 0 Å². The fraction of sp³-hybridized carbons (Fsp3) is 0.286. The van der Waals surface area contributed by atoms with Crippen LogP contribution < -0.4 is 4.74 Å². The van der Waals surface area contributed by atoms with E-state index in [-0.39, 0.29) is 11.0 Å². The maximum absolute atomic E-state index is 13.0. The van der Waals surface area contributed by atoms with E-state index in [0.717, 1.165) is 0 Å². The number of aromatic nitrogens is 2. The lowest BCUT2D eigenvalue weighted by Gasteiger charge is -2.32. The number of ether oxygens (including phenoxy) is 2. The van der Waals surface area contributed by atoms with Crippen LogP contribution in [0.1, 0.15) is 5.69 Å². The lowest BCUT2D eigenvalue weighted by atomic mass is 10.2. The molecule has 1 unspecified atom stereocenters. The minimum absolute atomic E-state index is 0.133. The van der Waals surface area contributed by atoms with E-state index in [9.17, 15) is 8.42 Å². The number of pyridine rings is 1. The first-order valence-corrected chi connectivity index (χ1v) is 11.4. The van der Waals surface area contributed by atoms with Crippen LogP contribution >= 0.6 is 11.6 Å². The Morgan fingerprint density at radius 3 is 2.80 bits per heavy atom. The molecule has 0 saturated carbocycles. The maximum Gasteiger partial charge on any atom is 0.267 e. The van der Waals surface area contributed by atoms with Crippen LogP contribution in [0.25, 0.3) is 0 Å². The molecule has 1 aliphatic rings. The highest BCUT2D eigenvalue weighted by molar-refractivity contribution is 7.90. The number of nitrogens with zero attached hydrogens (tertiary/aromatic N) is 3. The second-order valence-corrected chi connectivity index (χ2v) is 9.24. The van der Waals surface area contributed by atoms with Crippen LogP contribution in [0.15, 0.2) is 72.0 Å². The number of hydrogen-bond donors (Lipinski definition) is 0. The van der Waals surface area contributed by atoms with Gasteiger partial charge in [-0.25, -0.2) is 12.4 Å². The summed E-state index contributed by atoms with van der Waals surface area (Å²) in [6.45, 7) is 2.75. The number of hydrogen-bond acceptors (Lipinski definition) is 6. The summed E-state index contributed by atoms with van der Waals surface area (Å²) in [5.74, 6) is 0.589. The summed E-state index contributed by atoms with van der Waals surface area (Å²) in [6.07, 6.45) is 4.61. The molecule has 1 aromatic carbocycles. The lowest BCUT2D eigenvalue weighted by Crippen LogP contribution is -2.44. The third-order valence-corrected chi connectivity index (χ3v) is 6.77. The van der Waals surface area contributed by atoms with Crippen LogP contribution in [0.5, 0.6) is 5.75 Å². The topological polar surface area (TPSA) is 73.7 Å². The summed E-state index contributed by atoms with van der Waals surface area (Å²) in [6, 6.07) is 13.7. The third kappa shape index (κ3) is 4.84. The molecule has 9 heteroatoms. The van der Waals surface area contributed by atoms with Crippen molar-refractivity contribution in [1.29, 1.82) is 0 Å². The van der Waals surface area contributed by atoms with Gasteiger partial charge in [0.1, 0.15) is 18.5 Å². The van der Waals surface area contributed by atoms with Crippen LogP contribution in [0.2, 0.25) is 5.02 Å². The Hall–Kier alpha value is -2.39. The van der Waals surface area contributed by atoms with Crippen LogP contribution in [0.3, 0.4) is 0 Å². The first kappa shape index (κ1) is 20.9. The molecule has 1 fully saturated rings. The zero-order chi connectivity index (χ0) is 21.0. The molecule has 0 bridgehead atoms. The second-order valence-electron chi connectivity index (χ2n) is 6.99. The molecule has 2 aromatic heterocycles. The number of benzene rings is 1. The van der Waals surface area contributed by atoms with Gasteiger partial charge >= 0.3 is 0 Å². The first-order valence-electron chi connectivity index (χ1n) is 9.56. The molecular weight excluding hydrogens is 426 g/mol. The Kier molecular flexibility index (Phi) is 6.38. The van der Waals surface area contributed by atoms with Gasteiger partial charge in [-0.15, -0.1) is 0 Å². The Labute approximate surface area is 180 Å². The SMILES string of the molecule is O=S(=O)(c1ccccc1)n1cccc1CN1CCOC(COc2cncc(Cl)c2)C1. The monoisotopic (exact) mass is 447 g/mol. The molecule has 0 N–H and O–H groups in total. The molecule has 158 valence electrons. The summed E-state index contributed by atoms with van der Waals surface area (Å²) in [5, 5.41) is 0.513. The molecule has 0 radical (unpaired) electrons. The molecular formula is C21H22ClN3O4S. The normalized spacial score (nSPS) is 17.7. The van der Waals surface area contributed by atoms with Gasteiger partial charge < -0.3 is 9.47 Å². The standard InChI is InChI=1S/C21H22ClN3O4S/c22-17-11-19(13-23-12-17)29-16-20-15-24(9-10-28-20)14-18-5-4-8-25(18)30(26,27)21-6-2-1-3-7-21/h1-8,11-13,20H,9-10,14-16H2. The van der Waals surface area contributed by atoms with Gasteiger partial charge in [0, 0.05) is 43.8 Å². The Bertz CT molecular complexity index is 1090. The Morgan fingerprint density at radius 2 is 2.00 bits per heavy atom. The van der Waals surface area contributed by atoms with Crippen molar-refractivity contribution in [2.45, 2.75) is 17.5 Å². The van der Waals surface area contributed by atoms with Crippen molar-refractivity contribution in [3.8, 4) is 5.75 Å². The first-order chi connectivity index (χ1) is 14.5. The van der Waals surface area contributed by atoms with E-state index in [4.69, 9.17) is 21.1 Å². The van der Waals surface area contributed by atoms with E-state index in [1.807, 2.05) is 6.07 Å². The van der Waals surface area contributed by atoms with Crippen LogP contribution in [0, 0.1) is 0 Å². The predicted molar refractivity (Wildman–Crippen MR) is 113 cm³/mol. The summed E-state index contributed by atoms with van der Waals surface area (Å²) in [4.78, 5) is 6.44. The largest absolute Gasteiger partial charge is 0.489 e. The molecule has 3 aromatic rings. The fourth-order valence-corrected chi connectivity index (χ4v) is 4.93. The molecule has 7 nitrogen and oxygen atoms in total. The summed E-state index contributed by atoms with van der Waals surface area (Å²) >= 11 is 5.93. The van der Waals surface area contributed by atoms with Crippen LogP contribution in [-0.2, 0) is 21.3 Å². The zero-order valence-corrected chi connectivity index (χ0v) is 17.8. The van der Waals surface area contributed by atoms with Gasteiger partial charge in [-0.05, 0) is 24.3 Å². The molecule has 0 amide bonds. The number of halogens is 1. The molecule has 3 heterocycles. The molecule has 30 heavy (non-hydrogen) atoms. The molecule has 0 spiro atoms. The lowest BCUT2D eigenvalue weighted by molar-refractivity contribution is -0.0508. The quantitative estimate of drug-likeness (QED) is 0.554. The van der Waals surface area contributed by atoms with Gasteiger partial charge in [-0.2, -0.15) is 0 Å². The molecule has 1 saturated heterocycles. The van der Waals surface area contributed by atoms with Crippen molar-refractivity contribution in [3.63, 3.8) is 0 Å². The molecule has 1 aliphatic heterocycles. The third-order valence-electron chi connectivity index (χ3n) is 4.82. The van der Waals surface area contributed by atoms with Crippen molar-refractivity contribution < 1.29 is 17.9 Å². The summed E-state index contributed by atoms with van der Waals surface area (Å²) in [5.41, 5.74) is 0.708. The second kappa shape index (κ2) is 9.18. The van der Waals surface area contributed by atoms with Gasteiger partial charge in [0.05, 0.1) is 22.7 Å². The van der Waals surface area contributed by atoms with Crippen molar-refractivity contribution in [2.24, 2.45) is 0 Å². The van der Waals surface area contributed by atoms with Crippen LogP contribution in [-0.4, -0.2) is 54.7 Å². The van der Waals surface area contributed by atoms with E-state index in [1.54, 1.807) is 61.1 Å². The maximum atomic E-state index is 13.0. The average molecular weight is 448 g/mol. The van der Waals surface area contributed by atoms with Gasteiger partial charge in [-0.3, -0.25) is 9.88 Å². The van der Waals surface area contributed by atoms with Crippen molar-refractivity contribution >= 4 is 21.6 Å². The van der Waals surface area contributed by atoms with Crippen molar-refractivity contribution in [3.05, 3.63) is 77.8 Å². The number of morpholine rings is 1. The van der Waals surface area contributed by atoms with E-state index in [1.165, 1.54) is 3.97 Å². The minimum Gasteiger partial charge on any atom is -0.489 e. The van der Waals surface area contributed by atoms with Crippen LogP contribution in [0.4, 0.5) is 0 Å². The highest BCUT2D eigenvalue weighted by Crippen LogP contribution is 2.20. The zero-order valence-electron chi connectivity index (χ0n) is 16.2. The highest BCUT2D eigenvalue weighted by Gasteiger charge is 2.24. The van der Waals surface area contributed by atoms with Gasteiger partial charge in [0.25, 0.3) is 10.0 Å². The van der Waals surface area contributed by atoms with Gasteiger partial charge in [-0.1, -0.05) is 29.8 Å². The van der Waals surface area contributed by atoms with E-state index < -0.39 is 10.0 Å². The molecule has 4 rings (SSSR count). The van der Waals surface area contributed by atoms with Gasteiger partial charge in [0.15, 0.2) is 0 Å². The minimum atomic E-state index is -3.63. The summed E-state index contributed by atoms with van der Waals surface area (Å²) < 4.78 is 38.9. The van der Waals surface area contributed by atoms with Crippen molar-refractivity contribution in [2.75, 3.05) is 26.3 Å². The Balaban J connectivity index is 1.41. The summed E-state index contributed by atoms with van der Waals surface area (Å²) in [7, 11) is -3.63. The average Bonchev–Trinajstić information content (AvgIpc) is 3.22. The van der Waals surface area contributed by atoms with E-state index in [2.05, 4.69) is 9.88 Å². The molecule has 0 aliphatic carbocycles. The molecule has 1 atom stereocenters. The predicted octanol–water partition coefficient (Wildman–Crippen LogP) is 3.05. The Morgan fingerprint density at radius 1 is 1.17 bits per heavy atom. The van der Waals surface area contributed by atoms with Crippen molar-refractivity contribution in [1.82, 2.24) is 13.9 Å². The van der Waals surface area contributed by atoms with Gasteiger partial charge in [0.2, 0.25) is 0 Å². The van der Waals surface area contributed by atoms with E-state index in [0.29, 0.717) is 49.3 Å². The highest BCUT2D eigenvalue weighted by atomic mass is 35.5.